The van der Waals surface area contributed by atoms with Crippen LogP contribution in [0.25, 0.3) is 0 Å². The lowest BCUT2D eigenvalue weighted by atomic mass is 10.0. The molecule has 0 aliphatic carbocycles. The fourth-order valence-electron chi connectivity index (χ4n) is 3.03. The quantitative estimate of drug-likeness (QED) is 0.153. The summed E-state index contributed by atoms with van der Waals surface area (Å²) in [5.74, 6) is 0.731. The summed E-state index contributed by atoms with van der Waals surface area (Å²) in [7, 11) is -3.75. The highest BCUT2D eigenvalue weighted by atomic mass is 35.5. The average molecular weight is 383 g/mol. The lowest BCUT2D eigenvalue weighted by Crippen LogP contribution is -2.03. The Morgan fingerprint density at radius 3 is 1.00 bits per heavy atom. The van der Waals surface area contributed by atoms with Crippen LogP contribution in [-0.4, -0.2) is 24.6 Å². The zero-order valence-electron chi connectivity index (χ0n) is 15.5. The van der Waals surface area contributed by atoms with Gasteiger partial charge in [0, 0.05) is 5.88 Å². The molecule has 0 spiro atoms. The van der Waals surface area contributed by atoms with Crippen molar-refractivity contribution in [3.05, 3.63) is 0 Å². The summed E-state index contributed by atoms with van der Waals surface area (Å²) in [5.41, 5.74) is 0. The van der Waals surface area contributed by atoms with Gasteiger partial charge in [-0.1, -0.05) is 96.3 Å². The molecule has 0 unspecified atom stereocenters. The minimum atomic E-state index is -3.75. The van der Waals surface area contributed by atoms with Gasteiger partial charge in [-0.25, -0.2) is 0 Å². The minimum absolute atomic E-state index is 0.0829. The number of rotatable bonds is 19. The molecule has 0 aromatic rings. The first-order valence-electron chi connectivity index (χ1n) is 10.1. The van der Waals surface area contributed by atoms with Crippen molar-refractivity contribution in [1.82, 2.24) is 0 Å². The van der Waals surface area contributed by atoms with E-state index in [2.05, 4.69) is 0 Å². The Bertz CT molecular complexity index is 345. The van der Waals surface area contributed by atoms with Crippen LogP contribution in [0.4, 0.5) is 0 Å². The summed E-state index contributed by atoms with van der Waals surface area (Å²) in [4.78, 5) is 0. The lowest BCUT2D eigenvalue weighted by molar-refractivity contribution is 0.478. The van der Waals surface area contributed by atoms with Crippen LogP contribution in [0.5, 0.6) is 0 Å². The van der Waals surface area contributed by atoms with Crippen molar-refractivity contribution in [3.8, 4) is 0 Å². The molecule has 0 bridgehead atoms. The molecule has 24 heavy (non-hydrogen) atoms. The van der Waals surface area contributed by atoms with Gasteiger partial charge in [0.25, 0.3) is 10.1 Å². The monoisotopic (exact) mass is 382 g/mol. The van der Waals surface area contributed by atoms with E-state index in [1.807, 2.05) is 0 Å². The van der Waals surface area contributed by atoms with E-state index in [0.29, 0.717) is 6.42 Å². The summed E-state index contributed by atoms with van der Waals surface area (Å²) in [6, 6.07) is 0. The van der Waals surface area contributed by atoms with Crippen molar-refractivity contribution in [2.75, 3.05) is 11.6 Å². The fourth-order valence-corrected chi connectivity index (χ4v) is 3.79. The van der Waals surface area contributed by atoms with E-state index in [1.54, 1.807) is 0 Å². The molecule has 0 radical (unpaired) electrons. The van der Waals surface area contributed by atoms with Crippen LogP contribution in [0.2, 0.25) is 0 Å². The van der Waals surface area contributed by atoms with Gasteiger partial charge in [-0.05, 0) is 12.8 Å². The zero-order chi connectivity index (χ0) is 17.9. The van der Waals surface area contributed by atoms with E-state index in [1.165, 1.54) is 89.9 Å². The first kappa shape index (κ1) is 24.2. The van der Waals surface area contributed by atoms with Crippen LogP contribution in [0.15, 0.2) is 0 Å². The zero-order valence-corrected chi connectivity index (χ0v) is 17.1. The average Bonchev–Trinajstić information content (AvgIpc) is 2.52. The van der Waals surface area contributed by atoms with Crippen LogP contribution in [-0.2, 0) is 10.1 Å². The third-order valence-electron chi connectivity index (χ3n) is 4.54. The highest BCUT2D eigenvalue weighted by molar-refractivity contribution is 7.85. The van der Waals surface area contributed by atoms with Crippen molar-refractivity contribution >= 4 is 21.7 Å². The first-order chi connectivity index (χ1) is 11.6. The molecular formula is C19H39ClO3S. The highest BCUT2D eigenvalue weighted by Crippen LogP contribution is 2.14. The van der Waals surface area contributed by atoms with E-state index < -0.39 is 10.1 Å². The standard InChI is InChI=1S/C19H39ClO3S/c20-18-16-14-12-10-8-6-4-2-1-3-5-7-9-11-13-15-17-19-24(21,22)23/h1-19H2,(H,21,22,23). The Hall–Kier alpha value is 0.200. The van der Waals surface area contributed by atoms with Crippen molar-refractivity contribution in [2.45, 2.75) is 109 Å². The van der Waals surface area contributed by atoms with Crippen LogP contribution in [0.1, 0.15) is 109 Å². The Kier molecular flexibility index (Phi) is 18.2. The maximum absolute atomic E-state index is 10.6. The molecule has 0 atom stereocenters. The largest absolute Gasteiger partial charge is 0.286 e. The third kappa shape index (κ3) is 22.2. The molecule has 0 saturated carbocycles. The van der Waals surface area contributed by atoms with E-state index >= 15 is 0 Å². The third-order valence-corrected chi connectivity index (χ3v) is 5.61. The van der Waals surface area contributed by atoms with Gasteiger partial charge < -0.3 is 0 Å². The lowest BCUT2D eigenvalue weighted by Gasteiger charge is -2.03. The van der Waals surface area contributed by atoms with Gasteiger partial charge >= 0.3 is 0 Å². The molecule has 0 aromatic carbocycles. The molecule has 0 heterocycles. The molecule has 146 valence electrons. The van der Waals surface area contributed by atoms with Gasteiger partial charge in [0.2, 0.25) is 0 Å². The topological polar surface area (TPSA) is 54.4 Å². The summed E-state index contributed by atoms with van der Waals surface area (Å²) >= 11 is 5.66. The summed E-state index contributed by atoms with van der Waals surface area (Å²) in [6.07, 6.45) is 21.2. The normalized spacial score (nSPS) is 11.9. The van der Waals surface area contributed by atoms with Crippen LogP contribution in [0, 0.1) is 0 Å². The molecular weight excluding hydrogens is 344 g/mol. The van der Waals surface area contributed by atoms with Crippen molar-refractivity contribution < 1.29 is 13.0 Å². The van der Waals surface area contributed by atoms with Gasteiger partial charge in [0.05, 0.1) is 5.75 Å². The second-order valence-corrected chi connectivity index (χ2v) is 8.94. The predicted molar refractivity (Wildman–Crippen MR) is 106 cm³/mol. The number of hydrogen-bond acceptors (Lipinski definition) is 2. The molecule has 3 nitrogen and oxygen atoms in total. The number of alkyl halides is 1. The van der Waals surface area contributed by atoms with Crippen molar-refractivity contribution in [3.63, 3.8) is 0 Å². The number of halogens is 1. The molecule has 0 fully saturated rings. The van der Waals surface area contributed by atoms with Crippen LogP contribution in [0.3, 0.4) is 0 Å². The van der Waals surface area contributed by atoms with Gasteiger partial charge in [0.1, 0.15) is 0 Å². The molecule has 0 aromatic heterocycles. The summed E-state index contributed by atoms with van der Waals surface area (Å²) < 4.78 is 29.7. The number of unbranched alkanes of at least 4 members (excludes halogenated alkanes) is 16. The van der Waals surface area contributed by atoms with Crippen LogP contribution >= 0.6 is 11.6 Å². The molecule has 0 aliphatic heterocycles. The van der Waals surface area contributed by atoms with E-state index in [9.17, 15) is 8.42 Å². The molecule has 0 amide bonds. The maximum atomic E-state index is 10.6. The Labute approximate surface area is 155 Å². The second-order valence-electron chi connectivity index (χ2n) is 6.99. The number of hydrogen-bond donors (Lipinski definition) is 1. The Morgan fingerprint density at radius 1 is 0.500 bits per heavy atom. The summed E-state index contributed by atoms with van der Waals surface area (Å²) in [6.45, 7) is 0. The van der Waals surface area contributed by atoms with Gasteiger partial charge in [0.15, 0.2) is 0 Å². The van der Waals surface area contributed by atoms with Crippen LogP contribution < -0.4 is 0 Å². The van der Waals surface area contributed by atoms with Gasteiger partial charge in [-0.3, -0.25) is 4.55 Å². The first-order valence-corrected chi connectivity index (χ1v) is 12.2. The SMILES string of the molecule is O=S(=O)(O)CCCCCCCCCCCCCCCCCCCCl. The Morgan fingerprint density at radius 2 is 0.750 bits per heavy atom. The summed E-state index contributed by atoms with van der Waals surface area (Å²) in [5, 5.41) is 0. The van der Waals surface area contributed by atoms with E-state index in [4.69, 9.17) is 16.2 Å². The molecule has 0 aliphatic rings. The van der Waals surface area contributed by atoms with Crippen molar-refractivity contribution in [2.24, 2.45) is 0 Å². The minimum Gasteiger partial charge on any atom is -0.286 e. The van der Waals surface area contributed by atoms with E-state index in [-0.39, 0.29) is 5.75 Å². The molecule has 0 rings (SSSR count). The maximum Gasteiger partial charge on any atom is 0.264 e. The smallest absolute Gasteiger partial charge is 0.264 e. The highest BCUT2D eigenvalue weighted by Gasteiger charge is 2.02. The van der Waals surface area contributed by atoms with Gasteiger partial charge in [-0.2, -0.15) is 8.42 Å². The van der Waals surface area contributed by atoms with E-state index in [0.717, 1.165) is 18.7 Å². The molecule has 5 heteroatoms. The second kappa shape index (κ2) is 18.0. The Balaban J connectivity index is 3.03. The van der Waals surface area contributed by atoms with Crippen molar-refractivity contribution in [1.29, 1.82) is 0 Å². The molecule has 0 saturated heterocycles. The fraction of sp³-hybridized carbons (Fsp3) is 1.00. The molecule has 1 N–H and O–H groups in total. The van der Waals surface area contributed by atoms with Gasteiger partial charge in [-0.15, -0.1) is 11.6 Å². The predicted octanol–water partition coefficient (Wildman–Crippen LogP) is 6.74.